The minimum Gasteiger partial charge on any atom is -0.382 e. The molecule has 0 radical (unpaired) electrons. The first-order valence-electron chi connectivity index (χ1n) is 7.69. The van der Waals surface area contributed by atoms with Gasteiger partial charge in [0.25, 0.3) is 5.91 Å². The molecule has 0 aliphatic heterocycles. The van der Waals surface area contributed by atoms with Crippen LogP contribution in [0.5, 0.6) is 0 Å². The molecule has 1 aromatic heterocycles. The highest BCUT2D eigenvalue weighted by Gasteiger charge is 2.31. The number of fused-ring (bicyclic) bond motifs is 1. The molecule has 1 amide bonds. The highest BCUT2D eigenvalue weighted by atomic mass is 19.4. The molecule has 7 nitrogen and oxygen atoms in total. The number of carbonyl (C=O) groups excluding carboxylic acids is 1. The largest absolute Gasteiger partial charge is 0.416 e. The Balaban J connectivity index is 1.80. The summed E-state index contributed by atoms with van der Waals surface area (Å²) in [4.78, 5) is 18.4. The zero-order valence-electron chi connectivity index (χ0n) is 13.9. The van der Waals surface area contributed by atoms with Crippen molar-refractivity contribution in [3.8, 4) is 6.07 Å². The Hall–Kier alpha value is -3.61. The van der Waals surface area contributed by atoms with E-state index in [1.807, 2.05) is 6.07 Å². The molecule has 0 unspecified atom stereocenters. The number of carbonyl (C=O) groups is 1. The topological polar surface area (TPSA) is 92.8 Å². The first-order valence-corrected chi connectivity index (χ1v) is 7.69. The maximum absolute atomic E-state index is 12.9. The van der Waals surface area contributed by atoms with Gasteiger partial charge < -0.3 is 10.2 Å². The SMILES string of the molecule is C[C@H](On1nnc2ccc(C(F)(F)F)cc21)C(=O)Nc1ccccc1C#N. The molecule has 27 heavy (non-hydrogen) atoms. The molecule has 10 heteroatoms. The van der Waals surface area contributed by atoms with Gasteiger partial charge in [0, 0.05) is 0 Å². The second kappa shape index (κ2) is 6.95. The minimum atomic E-state index is -4.53. The molecule has 2 aromatic carbocycles. The third-order valence-corrected chi connectivity index (χ3v) is 3.68. The van der Waals surface area contributed by atoms with Gasteiger partial charge in [-0.1, -0.05) is 17.0 Å². The zero-order valence-corrected chi connectivity index (χ0v) is 13.9. The lowest BCUT2D eigenvalue weighted by atomic mass is 10.2. The van der Waals surface area contributed by atoms with Gasteiger partial charge in [-0.05, 0) is 42.5 Å². The van der Waals surface area contributed by atoms with E-state index in [9.17, 15) is 18.0 Å². The summed E-state index contributed by atoms with van der Waals surface area (Å²) in [5.41, 5.74) is -0.170. The summed E-state index contributed by atoms with van der Waals surface area (Å²) in [6, 6.07) is 11.2. The zero-order chi connectivity index (χ0) is 19.6. The molecular formula is C17H12F3N5O2. The summed E-state index contributed by atoms with van der Waals surface area (Å²) in [5.74, 6) is -0.603. The van der Waals surface area contributed by atoms with Gasteiger partial charge in [0.2, 0.25) is 6.10 Å². The molecule has 1 heterocycles. The average molecular weight is 375 g/mol. The standard InChI is InChI=1S/C17H12F3N5O2/c1-10(16(26)22-13-5-3-2-4-11(13)9-21)27-25-15-8-12(17(18,19)20)6-7-14(15)23-24-25/h2-8,10H,1H3,(H,22,26)/t10-/m0/s1. The number of halogens is 3. The number of anilines is 1. The van der Waals surface area contributed by atoms with Crippen LogP contribution in [0.1, 0.15) is 18.1 Å². The van der Waals surface area contributed by atoms with Gasteiger partial charge in [-0.15, -0.1) is 5.10 Å². The van der Waals surface area contributed by atoms with Crippen LogP contribution in [0, 0.1) is 11.3 Å². The van der Waals surface area contributed by atoms with Crippen molar-refractivity contribution < 1.29 is 22.8 Å². The number of nitriles is 1. The van der Waals surface area contributed by atoms with Crippen LogP contribution in [0.15, 0.2) is 42.5 Å². The summed E-state index contributed by atoms with van der Waals surface area (Å²) < 4.78 is 38.6. The number of nitrogens with zero attached hydrogens (tertiary/aromatic N) is 4. The maximum atomic E-state index is 12.9. The van der Waals surface area contributed by atoms with E-state index in [0.717, 1.165) is 17.0 Å². The number of hydrogen-bond acceptors (Lipinski definition) is 5. The van der Waals surface area contributed by atoms with Crippen molar-refractivity contribution in [2.75, 3.05) is 5.32 Å². The van der Waals surface area contributed by atoms with Crippen LogP contribution in [0.3, 0.4) is 0 Å². The molecule has 3 rings (SSSR count). The molecule has 0 aliphatic carbocycles. The highest BCUT2D eigenvalue weighted by molar-refractivity contribution is 5.95. The predicted molar refractivity (Wildman–Crippen MR) is 88.4 cm³/mol. The Morgan fingerprint density at radius 2 is 2.04 bits per heavy atom. The first kappa shape index (κ1) is 18.2. The highest BCUT2D eigenvalue weighted by Crippen LogP contribution is 2.30. The normalized spacial score (nSPS) is 12.4. The van der Waals surface area contributed by atoms with E-state index in [1.54, 1.807) is 18.2 Å². The molecule has 0 aliphatic rings. The summed E-state index contributed by atoms with van der Waals surface area (Å²) in [6.45, 7) is 1.39. The van der Waals surface area contributed by atoms with Crippen molar-refractivity contribution in [2.24, 2.45) is 0 Å². The summed E-state index contributed by atoms with van der Waals surface area (Å²) in [7, 11) is 0. The number of nitrogens with one attached hydrogen (secondary N) is 1. The fraction of sp³-hybridized carbons (Fsp3) is 0.176. The van der Waals surface area contributed by atoms with Gasteiger partial charge in [-0.2, -0.15) is 18.4 Å². The van der Waals surface area contributed by atoms with E-state index in [0.29, 0.717) is 5.69 Å². The lowest BCUT2D eigenvalue weighted by Gasteiger charge is -2.14. The maximum Gasteiger partial charge on any atom is 0.416 e. The number of para-hydroxylation sites is 1. The summed E-state index contributed by atoms with van der Waals surface area (Å²) >= 11 is 0. The lowest BCUT2D eigenvalue weighted by molar-refractivity contribution is -0.137. The van der Waals surface area contributed by atoms with Crippen LogP contribution in [0.25, 0.3) is 11.0 Å². The Morgan fingerprint density at radius 1 is 1.30 bits per heavy atom. The molecular weight excluding hydrogens is 363 g/mol. The summed E-state index contributed by atoms with van der Waals surface area (Å²) in [5, 5.41) is 18.9. The van der Waals surface area contributed by atoms with Gasteiger partial charge >= 0.3 is 6.18 Å². The second-order valence-corrected chi connectivity index (χ2v) is 5.56. The lowest BCUT2D eigenvalue weighted by Crippen LogP contribution is -2.35. The van der Waals surface area contributed by atoms with Crippen LogP contribution in [-0.4, -0.2) is 27.2 Å². The van der Waals surface area contributed by atoms with Crippen molar-refractivity contribution in [1.82, 2.24) is 15.2 Å². The van der Waals surface area contributed by atoms with Crippen molar-refractivity contribution in [3.05, 3.63) is 53.6 Å². The number of benzene rings is 2. The fourth-order valence-corrected chi connectivity index (χ4v) is 2.27. The van der Waals surface area contributed by atoms with Crippen LogP contribution in [0.2, 0.25) is 0 Å². The molecule has 1 N–H and O–H groups in total. The number of aromatic nitrogens is 3. The number of rotatable bonds is 4. The molecule has 0 fully saturated rings. The molecule has 138 valence electrons. The number of alkyl halides is 3. The van der Waals surface area contributed by atoms with Gasteiger partial charge in [0.15, 0.2) is 0 Å². The van der Waals surface area contributed by atoms with E-state index in [1.165, 1.54) is 19.1 Å². The van der Waals surface area contributed by atoms with Crippen molar-refractivity contribution in [2.45, 2.75) is 19.2 Å². The third kappa shape index (κ3) is 3.82. The number of hydrogen-bond donors (Lipinski definition) is 1. The van der Waals surface area contributed by atoms with Crippen molar-refractivity contribution in [3.63, 3.8) is 0 Å². The monoisotopic (exact) mass is 375 g/mol. The fourth-order valence-electron chi connectivity index (χ4n) is 2.27. The van der Waals surface area contributed by atoms with Crippen LogP contribution in [0.4, 0.5) is 18.9 Å². The van der Waals surface area contributed by atoms with Gasteiger partial charge in [0.05, 0.1) is 16.8 Å². The predicted octanol–water partition coefficient (Wildman–Crippen LogP) is 2.78. The Bertz CT molecular complexity index is 1040. The molecule has 1 atom stereocenters. The Labute approximate surface area is 150 Å². The third-order valence-electron chi connectivity index (χ3n) is 3.68. The quantitative estimate of drug-likeness (QED) is 0.757. The average Bonchev–Trinajstić information content (AvgIpc) is 3.03. The first-order chi connectivity index (χ1) is 12.8. The smallest absolute Gasteiger partial charge is 0.382 e. The van der Waals surface area contributed by atoms with Crippen LogP contribution >= 0.6 is 0 Å². The van der Waals surface area contributed by atoms with Gasteiger partial charge in [-0.25, -0.2) is 0 Å². The van der Waals surface area contributed by atoms with Gasteiger partial charge in [-0.3, -0.25) is 4.79 Å². The Morgan fingerprint density at radius 3 is 2.74 bits per heavy atom. The van der Waals surface area contributed by atoms with E-state index in [-0.39, 0.29) is 16.6 Å². The summed E-state index contributed by atoms with van der Waals surface area (Å²) in [6.07, 6.45) is -5.65. The number of amides is 1. The molecule has 0 saturated carbocycles. The van der Waals surface area contributed by atoms with Crippen LogP contribution in [-0.2, 0) is 11.0 Å². The van der Waals surface area contributed by atoms with E-state index in [2.05, 4.69) is 15.6 Å². The van der Waals surface area contributed by atoms with Crippen molar-refractivity contribution in [1.29, 1.82) is 5.26 Å². The minimum absolute atomic E-state index is 0.0260. The van der Waals surface area contributed by atoms with Crippen molar-refractivity contribution >= 4 is 22.6 Å². The molecule has 0 bridgehead atoms. The molecule has 0 saturated heterocycles. The Kier molecular flexibility index (Phi) is 4.68. The second-order valence-electron chi connectivity index (χ2n) is 5.56. The van der Waals surface area contributed by atoms with E-state index in [4.69, 9.17) is 10.1 Å². The molecule has 3 aromatic rings. The molecule has 0 spiro atoms. The van der Waals surface area contributed by atoms with Gasteiger partial charge in [0.1, 0.15) is 17.1 Å². The van der Waals surface area contributed by atoms with E-state index >= 15 is 0 Å². The van der Waals surface area contributed by atoms with Crippen LogP contribution < -0.4 is 10.2 Å². The van der Waals surface area contributed by atoms with E-state index < -0.39 is 23.8 Å².